The number of hydrogen-bond donors (Lipinski definition) is 0. The molecule has 1 aromatic carbocycles. The van der Waals surface area contributed by atoms with E-state index in [1.807, 2.05) is 29.2 Å². The van der Waals surface area contributed by atoms with Crippen LogP contribution >= 0.6 is 0 Å². The molecule has 0 N–H and O–H groups in total. The molecule has 128 valence electrons. The molecule has 0 aromatic heterocycles. The topological polar surface area (TPSA) is 66.9 Å². The van der Waals surface area contributed by atoms with E-state index in [1.165, 1.54) is 0 Å². The normalized spacial score (nSPS) is 19.7. The summed E-state index contributed by atoms with van der Waals surface area (Å²) in [6.45, 7) is 0.672. The van der Waals surface area contributed by atoms with Crippen molar-refractivity contribution < 1.29 is 17.9 Å². The van der Waals surface area contributed by atoms with Crippen LogP contribution in [0.15, 0.2) is 24.3 Å². The van der Waals surface area contributed by atoms with Crippen LogP contribution in [0.25, 0.3) is 0 Å². The van der Waals surface area contributed by atoms with E-state index in [1.54, 1.807) is 26.1 Å². The Balaban J connectivity index is 1.92. The van der Waals surface area contributed by atoms with Crippen LogP contribution in [-0.4, -0.2) is 69.4 Å². The van der Waals surface area contributed by atoms with Gasteiger partial charge in [0.05, 0.1) is 25.2 Å². The van der Waals surface area contributed by atoms with E-state index < -0.39 is 9.84 Å². The van der Waals surface area contributed by atoms with Crippen molar-refractivity contribution in [3.8, 4) is 5.75 Å². The fourth-order valence-electron chi connectivity index (χ4n) is 2.76. The zero-order chi connectivity index (χ0) is 17.0. The summed E-state index contributed by atoms with van der Waals surface area (Å²) in [5.41, 5.74) is 0.942. The molecule has 1 aromatic rings. The average Bonchev–Trinajstić information content (AvgIpc) is 2.88. The quantitative estimate of drug-likeness (QED) is 0.765. The fraction of sp³-hybridized carbons (Fsp3) is 0.562. The van der Waals surface area contributed by atoms with Gasteiger partial charge >= 0.3 is 0 Å². The van der Waals surface area contributed by atoms with E-state index in [9.17, 15) is 13.2 Å². The highest BCUT2D eigenvalue weighted by atomic mass is 32.2. The van der Waals surface area contributed by atoms with Crippen LogP contribution in [-0.2, 0) is 21.2 Å². The number of carbonyl (C=O) groups is 1. The number of amides is 1. The minimum atomic E-state index is -2.94. The first kappa shape index (κ1) is 17.7. The monoisotopic (exact) mass is 340 g/mol. The van der Waals surface area contributed by atoms with Crippen molar-refractivity contribution in [2.24, 2.45) is 0 Å². The standard InChI is InChI=1S/C16H24N2O4S/c1-17(14-8-9-23(20,21)12-14)11-16(19)18(2)10-13-6-4-5-7-15(13)22-3/h4-7,14H,8-12H2,1-3H3/t14-/m1/s1. The smallest absolute Gasteiger partial charge is 0.236 e. The van der Waals surface area contributed by atoms with Gasteiger partial charge in [-0.05, 0) is 19.5 Å². The number of para-hydroxylation sites is 1. The van der Waals surface area contributed by atoms with E-state index in [0.29, 0.717) is 13.0 Å². The first-order valence-electron chi connectivity index (χ1n) is 7.59. The largest absolute Gasteiger partial charge is 0.496 e. The van der Waals surface area contributed by atoms with E-state index in [2.05, 4.69) is 0 Å². The third kappa shape index (κ3) is 4.68. The predicted octanol–water partition coefficient (Wildman–Crippen LogP) is 0.773. The highest BCUT2D eigenvalue weighted by molar-refractivity contribution is 7.91. The van der Waals surface area contributed by atoms with Gasteiger partial charge in [-0.25, -0.2) is 8.42 Å². The van der Waals surface area contributed by atoms with Crippen molar-refractivity contribution in [3.63, 3.8) is 0 Å². The van der Waals surface area contributed by atoms with Gasteiger partial charge in [0.15, 0.2) is 9.84 Å². The highest BCUT2D eigenvalue weighted by Gasteiger charge is 2.31. The minimum Gasteiger partial charge on any atom is -0.496 e. The summed E-state index contributed by atoms with van der Waals surface area (Å²) < 4.78 is 28.4. The lowest BCUT2D eigenvalue weighted by Crippen LogP contribution is -2.41. The molecule has 0 bridgehead atoms. The van der Waals surface area contributed by atoms with Gasteiger partial charge in [0.1, 0.15) is 5.75 Å². The van der Waals surface area contributed by atoms with Crippen LogP contribution < -0.4 is 4.74 Å². The third-order valence-electron chi connectivity index (χ3n) is 4.24. The van der Waals surface area contributed by atoms with Gasteiger partial charge < -0.3 is 9.64 Å². The summed E-state index contributed by atoms with van der Waals surface area (Å²) in [7, 11) is 2.22. The van der Waals surface area contributed by atoms with E-state index in [-0.39, 0.29) is 30.0 Å². The maximum atomic E-state index is 12.4. The van der Waals surface area contributed by atoms with E-state index in [0.717, 1.165) is 11.3 Å². The van der Waals surface area contributed by atoms with Crippen LogP contribution in [0.4, 0.5) is 0 Å². The lowest BCUT2D eigenvalue weighted by atomic mass is 10.2. The molecule has 1 amide bonds. The number of carbonyl (C=O) groups excluding carboxylic acids is 1. The number of ether oxygens (including phenoxy) is 1. The summed E-state index contributed by atoms with van der Waals surface area (Å²) in [5.74, 6) is 1.07. The molecule has 0 radical (unpaired) electrons. The zero-order valence-electron chi connectivity index (χ0n) is 13.9. The Morgan fingerprint density at radius 1 is 1.30 bits per heavy atom. The Morgan fingerprint density at radius 3 is 2.61 bits per heavy atom. The third-order valence-corrected chi connectivity index (χ3v) is 5.99. The van der Waals surface area contributed by atoms with Gasteiger partial charge in [-0.2, -0.15) is 0 Å². The maximum absolute atomic E-state index is 12.4. The van der Waals surface area contributed by atoms with Gasteiger partial charge in [0.2, 0.25) is 5.91 Å². The molecule has 1 fully saturated rings. The van der Waals surface area contributed by atoms with Crippen molar-refractivity contribution >= 4 is 15.7 Å². The lowest BCUT2D eigenvalue weighted by Gasteiger charge is -2.26. The SMILES string of the molecule is COc1ccccc1CN(C)C(=O)CN(C)[C@@H]1CCS(=O)(=O)C1. The Kier molecular flexibility index (Phi) is 5.64. The number of benzene rings is 1. The second-order valence-corrected chi connectivity index (χ2v) is 8.26. The molecular weight excluding hydrogens is 316 g/mol. The van der Waals surface area contributed by atoms with Crippen LogP contribution in [0.3, 0.4) is 0 Å². The maximum Gasteiger partial charge on any atom is 0.236 e. The number of methoxy groups -OCH3 is 1. The minimum absolute atomic E-state index is 0.0392. The first-order chi connectivity index (χ1) is 10.8. The van der Waals surface area contributed by atoms with Crippen molar-refractivity contribution in [2.75, 3.05) is 39.3 Å². The molecule has 23 heavy (non-hydrogen) atoms. The number of likely N-dealkylation sites (N-methyl/N-ethyl adjacent to an activating group) is 2. The summed E-state index contributed by atoms with van der Waals surface area (Å²) in [4.78, 5) is 15.8. The summed E-state index contributed by atoms with van der Waals surface area (Å²) in [5, 5.41) is 0. The van der Waals surface area contributed by atoms with Crippen LogP contribution in [0.2, 0.25) is 0 Å². The fourth-order valence-corrected chi connectivity index (χ4v) is 4.57. The van der Waals surface area contributed by atoms with Crippen molar-refractivity contribution in [1.29, 1.82) is 0 Å². The Morgan fingerprint density at radius 2 is 2.00 bits per heavy atom. The molecule has 0 aliphatic carbocycles. The molecule has 0 unspecified atom stereocenters. The summed E-state index contributed by atoms with van der Waals surface area (Å²) >= 11 is 0. The van der Waals surface area contributed by atoms with Crippen molar-refractivity contribution in [2.45, 2.75) is 19.0 Å². The Bertz CT molecular complexity index is 660. The predicted molar refractivity (Wildman–Crippen MR) is 89.2 cm³/mol. The van der Waals surface area contributed by atoms with Gasteiger partial charge in [0, 0.05) is 25.2 Å². The van der Waals surface area contributed by atoms with Gasteiger partial charge in [-0.1, -0.05) is 18.2 Å². The van der Waals surface area contributed by atoms with Gasteiger partial charge in [-0.15, -0.1) is 0 Å². The van der Waals surface area contributed by atoms with E-state index in [4.69, 9.17) is 4.74 Å². The summed E-state index contributed by atoms with van der Waals surface area (Å²) in [6.07, 6.45) is 0.600. The molecule has 7 heteroatoms. The number of nitrogens with zero attached hydrogens (tertiary/aromatic N) is 2. The summed E-state index contributed by atoms with van der Waals surface area (Å²) in [6, 6.07) is 7.52. The molecule has 1 aliphatic rings. The molecular formula is C16H24N2O4S. The zero-order valence-corrected chi connectivity index (χ0v) is 14.7. The molecule has 1 heterocycles. The van der Waals surface area contributed by atoms with Gasteiger partial charge in [0.25, 0.3) is 0 Å². The molecule has 1 aliphatic heterocycles. The van der Waals surface area contributed by atoms with Crippen LogP contribution in [0.5, 0.6) is 5.75 Å². The Labute approximate surface area is 137 Å². The molecule has 6 nitrogen and oxygen atoms in total. The van der Waals surface area contributed by atoms with Crippen molar-refractivity contribution in [1.82, 2.24) is 9.80 Å². The molecule has 1 atom stereocenters. The highest BCUT2D eigenvalue weighted by Crippen LogP contribution is 2.19. The lowest BCUT2D eigenvalue weighted by molar-refractivity contribution is -0.131. The van der Waals surface area contributed by atoms with Crippen LogP contribution in [0.1, 0.15) is 12.0 Å². The van der Waals surface area contributed by atoms with E-state index >= 15 is 0 Å². The molecule has 0 saturated carbocycles. The second-order valence-electron chi connectivity index (χ2n) is 6.03. The second kappa shape index (κ2) is 7.31. The van der Waals surface area contributed by atoms with Gasteiger partial charge in [-0.3, -0.25) is 9.69 Å². The molecule has 0 spiro atoms. The Hall–Kier alpha value is -1.60. The van der Waals surface area contributed by atoms with Crippen LogP contribution in [0, 0.1) is 0 Å². The number of sulfone groups is 1. The molecule has 2 rings (SSSR count). The average molecular weight is 340 g/mol. The number of rotatable bonds is 6. The number of hydrogen-bond acceptors (Lipinski definition) is 5. The van der Waals surface area contributed by atoms with Crippen molar-refractivity contribution in [3.05, 3.63) is 29.8 Å². The molecule has 1 saturated heterocycles. The first-order valence-corrected chi connectivity index (χ1v) is 9.41.